The van der Waals surface area contributed by atoms with E-state index >= 15 is 0 Å². The van der Waals surface area contributed by atoms with Crippen LogP contribution in [-0.2, 0) is 14.8 Å². The summed E-state index contributed by atoms with van der Waals surface area (Å²) in [5.41, 5.74) is -0.0996. The van der Waals surface area contributed by atoms with Crippen LogP contribution in [0.2, 0.25) is 10.0 Å². The van der Waals surface area contributed by atoms with Crippen molar-refractivity contribution in [3.8, 4) is 11.5 Å². The lowest BCUT2D eigenvalue weighted by molar-refractivity contribution is 0.0601. The molecule has 35 heavy (non-hydrogen) atoms. The Kier molecular flexibility index (Phi) is 8.11. The molecule has 0 radical (unpaired) electrons. The van der Waals surface area contributed by atoms with Gasteiger partial charge in [0.15, 0.2) is 11.5 Å². The molecule has 3 rings (SSSR count). The maximum Gasteiger partial charge on any atom is 0.340 e. The molecule has 12 heteroatoms. The Hall–Kier alpha value is -3.47. The topological polar surface area (TPSA) is 120 Å². The number of carbonyl (C=O) groups is 2. The predicted octanol–water partition coefficient (Wildman–Crippen LogP) is 4.85. The van der Waals surface area contributed by atoms with Gasteiger partial charge in [-0.1, -0.05) is 23.2 Å². The highest BCUT2D eigenvalue weighted by Gasteiger charge is 2.23. The van der Waals surface area contributed by atoms with Crippen LogP contribution in [0.25, 0.3) is 0 Å². The summed E-state index contributed by atoms with van der Waals surface area (Å²) in [5, 5.41) is 3.14. The van der Waals surface area contributed by atoms with Crippen molar-refractivity contribution in [2.45, 2.75) is 4.90 Å². The third-order valence-corrected chi connectivity index (χ3v) is 6.64. The molecule has 0 saturated carbocycles. The van der Waals surface area contributed by atoms with Crippen molar-refractivity contribution in [3.05, 3.63) is 75.8 Å². The summed E-state index contributed by atoms with van der Waals surface area (Å²) in [6, 6.07) is 12.3. The van der Waals surface area contributed by atoms with Crippen LogP contribution in [0.15, 0.2) is 59.5 Å². The summed E-state index contributed by atoms with van der Waals surface area (Å²) in [6.45, 7) is 0. The molecule has 9 nitrogen and oxygen atoms in total. The lowest BCUT2D eigenvalue weighted by atomic mass is 10.1. The highest BCUT2D eigenvalue weighted by atomic mass is 35.5. The van der Waals surface area contributed by atoms with Crippen molar-refractivity contribution in [2.75, 3.05) is 31.4 Å². The minimum atomic E-state index is -4.06. The number of hydrogen-bond acceptors (Lipinski definition) is 7. The predicted molar refractivity (Wildman–Crippen MR) is 133 cm³/mol. The Bertz CT molecular complexity index is 1380. The molecule has 2 N–H and O–H groups in total. The van der Waals surface area contributed by atoms with E-state index in [-0.39, 0.29) is 43.9 Å². The minimum absolute atomic E-state index is 0.0103. The molecular weight excluding hydrogens is 519 g/mol. The summed E-state index contributed by atoms with van der Waals surface area (Å²) in [7, 11) is -0.0918. The summed E-state index contributed by atoms with van der Waals surface area (Å²) in [4.78, 5) is 25.5. The van der Waals surface area contributed by atoms with E-state index in [0.717, 1.165) is 0 Å². The fraction of sp³-hybridized carbons (Fsp3) is 0.130. The first-order chi connectivity index (χ1) is 16.6. The number of ether oxygens (including phenoxy) is 3. The molecule has 0 aliphatic carbocycles. The van der Waals surface area contributed by atoms with Crippen LogP contribution in [0.5, 0.6) is 11.5 Å². The summed E-state index contributed by atoms with van der Waals surface area (Å²) < 4.78 is 43.3. The van der Waals surface area contributed by atoms with Crippen molar-refractivity contribution >= 4 is 56.5 Å². The van der Waals surface area contributed by atoms with Crippen LogP contribution < -0.4 is 19.5 Å². The second-order valence-electron chi connectivity index (χ2n) is 6.95. The molecule has 0 bridgehead atoms. The van der Waals surface area contributed by atoms with E-state index in [1.165, 1.54) is 75.9 Å². The first kappa shape index (κ1) is 26.1. The van der Waals surface area contributed by atoms with E-state index in [1.807, 2.05) is 0 Å². The van der Waals surface area contributed by atoms with Crippen molar-refractivity contribution < 1.29 is 32.2 Å². The zero-order valence-electron chi connectivity index (χ0n) is 18.7. The third-order valence-electron chi connectivity index (χ3n) is 4.77. The van der Waals surface area contributed by atoms with Gasteiger partial charge in [0, 0.05) is 22.2 Å². The molecule has 3 aromatic carbocycles. The number of methoxy groups -OCH3 is 3. The molecule has 0 fully saturated rings. The third kappa shape index (κ3) is 5.97. The average Bonchev–Trinajstić information content (AvgIpc) is 2.84. The van der Waals surface area contributed by atoms with E-state index in [0.29, 0.717) is 5.02 Å². The fourth-order valence-electron chi connectivity index (χ4n) is 3.06. The molecule has 0 spiro atoms. The summed E-state index contributed by atoms with van der Waals surface area (Å²) in [6.07, 6.45) is 0. The first-order valence-electron chi connectivity index (χ1n) is 9.83. The fourth-order valence-corrected chi connectivity index (χ4v) is 4.44. The molecule has 184 valence electrons. The standard InChI is InChI=1S/C23H20Cl2N2O7S/c1-32-20-11-17(23(29)34-3)19(12-21(20)33-2)26-22(28)16-10-14(25)6-9-18(16)27-35(30,31)15-7-4-13(24)5-8-15/h4-12,27H,1-3H3,(H,26,28). The normalized spacial score (nSPS) is 10.9. The van der Waals surface area contributed by atoms with E-state index in [9.17, 15) is 18.0 Å². The largest absolute Gasteiger partial charge is 0.493 e. The Balaban J connectivity index is 2.01. The maximum absolute atomic E-state index is 13.2. The number of amides is 1. The molecule has 0 unspecified atom stereocenters. The molecule has 0 heterocycles. The SMILES string of the molecule is COC(=O)c1cc(OC)c(OC)cc1NC(=O)c1cc(Cl)ccc1NS(=O)(=O)c1ccc(Cl)cc1. The molecule has 3 aromatic rings. The Labute approximate surface area is 212 Å². The molecule has 0 atom stereocenters. The van der Waals surface area contributed by atoms with Crippen LogP contribution in [-0.4, -0.2) is 41.6 Å². The first-order valence-corrected chi connectivity index (χ1v) is 12.1. The number of benzene rings is 3. The van der Waals surface area contributed by atoms with Gasteiger partial charge in [-0.2, -0.15) is 0 Å². The molecule has 0 aliphatic rings. The van der Waals surface area contributed by atoms with Gasteiger partial charge in [0.25, 0.3) is 15.9 Å². The van der Waals surface area contributed by atoms with E-state index in [1.54, 1.807) is 0 Å². The number of sulfonamides is 1. The van der Waals surface area contributed by atoms with Gasteiger partial charge in [0.05, 0.1) is 48.7 Å². The number of halogens is 2. The van der Waals surface area contributed by atoms with Crippen LogP contribution in [0.4, 0.5) is 11.4 Å². The number of rotatable bonds is 8. The zero-order valence-corrected chi connectivity index (χ0v) is 21.0. The highest BCUT2D eigenvalue weighted by molar-refractivity contribution is 7.92. The van der Waals surface area contributed by atoms with Gasteiger partial charge >= 0.3 is 5.97 Å². The van der Waals surface area contributed by atoms with E-state index in [2.05, 4.69) is 10.0 Å². The molecule has 0 aromatic heterocycles. The number of nitrogens with one attached hydrogen (secondary N) is 2. The van der Waals surface area contributed by atoms with Crippen molar-refractivity contribution in [3.63, 3.8) is 0 Å². The van der Waals surface area contributed by atoms with Gasteiger partial charge in [0.2, 0.25) is 0 Å². The van der Waals surface area contributed by atoms with Gasteiger partial charge in [-0.3, -0.25) is 9.52 Å². The van der Waals surface area contributed by atoms with Crippen LogP contribution in [0.1, 0.15) is 20.7 Å². The molecule has 0 saturated heterocycles. The zero-order chi connectivity index (χ0) is 25.8. The van der Waals surface area contributed by atoms with Gasteiger partial charge in [-0.25, -0.2) is 13.2 Å². The number of carbonyl (C=O) groups excluding carboxylic acids is 2. The number of esters is 1. The molecule has 1 amide bonds. The average molecular weight is 539 g/mol. The van der Waals surface area contributed by atoms with Gasteiger partial charge in [-0.05, 0) is 42.5 Å². The van der Waals surface area contributed by atoms with Gasteiger partial charge in [-0.15, -0.1) is 0 Å². The smallest absolute Gasteiger partial charge is 0.340 e. The van der Waals surface area contributed by atoms with Gasteiger partial charge in [0.1, 0.15) is 0 Å². The summed E-state index contributed by atoms with van der Waals surface area (Å²) in [5.74, 6) is -1.01. The summed E-state index contributed by atoms with van der Waals surface area (Å²) >= 11 is 11.9. The van der Waals surface area contributed by atoms with Crippen molar-refractivity contribution in [2.24, 2.45) is 0 Å². The van der Waals surface area contributed by atoms with Crippen LogP contribution in [0.3, 0.4) is 0 Å². The van der Waals surface area contributed by atoms with Gasteiger partial charge < -0.3 is 19.5 Å². The quantitative estimate of drug-likeness (QED) is 0.393. The second-order valence-corrected chi connectivity index (χ2v) is 9.50. The minimum Gasteiger partial charge on any atom is -0.493 e. The maximum atomic E-state index is 13.2. The molecule has 0 aliphatic heterocycles. The van der Waals surface area contributed by atoms with E-state index < -0.39 is 21.9 Å². The second kappa shape index (κ2) is 10.9. The highest BCUT2D eigenvalue weighted by Crippen LogP contribution is 2.34. The Morgan fingerprint density at radius 1 is 0.771 bits per heavy atom. The lowest BCUT2D eigenvalue weighted by Crippen LogP contribution is -2.20. The monoisotopic (exact) mass is 538 g/mol. The molecular formula is C23H20Cl2N2O7S. The van der Waals surface area contributed by atoms with Crippen LogP contribution in [0, 0.1) is 0 Å². The Morgan fingerprint density at radius 2 is 1.37 bits per heavy atom. The van der Waals surface area contributed by atoms with E-state index in [4.69, 9.17) is 37.4 Å². The number of anilines is 2. The van der Waals surface area contributed by atoms with Crippen molar-refractivity contribution in [1.29, 1.82) is 0 Å². The van der Waals surface area contributed by atoms with Crippen LogP contribution >= 0.6 is 23.2 Å². The number of hydrogen-bond donors (Lipinski definition) is 2. The lowest BCUT2D eigenvalue weighted by Gasteiger charge is -2.16. The Morgan fingerprint density at radius 3 is 1.97 bits per heavy atom. The van der Waals surface area contributed by atoms with Crippen molar-refractivity contribution in [1.82, 2.24) is 0 Å².